The van der Waals surface area contributed by atoms with Gasteiger partial charge in [-0.3, -0.25) is 4.79 Å². The number of amides is 1. The highest BCUT2D eigenvalue weighted by molar-refractivity contribution is 7.80. The number of rotatable bonds is 6. The van der Waals surface area contributed by atoms with Crippen LogP contribution in [-0.2, 0) is 4.79 Å². The molecule has 0 saturated carbocycles. The molecule has 98 valence electrons. The third kappa shape index (κ3) is 5.33. The second-order valence-electron chi connectivity index (χ2n) is 3.85. The maximum absolute atomic E-state index is 11.5. The molecule has 0 radical (unpaired) electrons. The predicted molar refractivity (Wildman–Crippen MR) is 75.9 cm³/mol. The largest absolute Gasteiger partial charge is 0.484 e. The minimum Gasteiger partial charge on any atom is -0.484 e. The Hall–Kier alpha value is -1.33. The van der Waals surface area contributed by atoms with Gasteiger partial charge in [0.05, 0.1) is 4.99 Å². The van der Waals surface area contributed by atoms with Crippen molar-refractivity contribution in [1.82, 2.24) is 5.32 Å². The number of halogens is 1. The number of ether oxygens (including phenoxy) is 1. The summed E-state index contributed by atoms with van der Waals surface area (Å²) in [6, 6.07) is 6.87. The van der Waals surface area contributed by atoms with Gasteiger partial charge in [-0.2, -0.15) is 0 Å². The molecule has 0 spiro atoms. The fourth-order valence-electron chi connectivity index (χ4n) is 1.12. The van der Waals surface area contributed by atoms with E-state index in [1.54, 1.807) is 24.3 Å². The molecule has 18 heavy (non-hydrogen) atoms. The lowest BCUT2D eigenvalue weighted by atomic mass is 10.2. The number of hydrogen-bond acceptors (Lipinski definition) is 3. The molecule has 0 heterocycles. The summed E-state index contributed by atoms with van der Waals surface area (Å²) in [5, 5.41) is 3.25. The molecule has 1 aromatic rings. The average molecular weight is 287 g/mol. The first-order chi connectivity index (χ1) is 8.49. The van der Waals surface area contributed by atoms with Crippen molar-refractivity contribution in [3.63, 3.8) is 0 Å². The summed E-state index contributed by atoms with van der Waals surface area (Å²) in [6.45, 7) is 2.19. The molecular weight excluding hydrogens is 272 g/mol. The van der Waals surface area contributed by atoms with Gasteiger partial charge in [-0.25, -0.2) is 0 Å². The Labute approximate surface area is 116 Å². The number of hydrogen-bond donors (Lipinski definition) is 2. The number of carbonyl (C=O) groups is 1. The molecule has 3 N–H and O–H groups in total. The van der Waals surface area contributed by atoms with Gasteiger partial charge in [-0.05, 0) is 18.2 Å². The van der Waals surface area contributed by atoms with Crippen LogP contribution in [0.2, 0.25) is 5.02 Å². The molecule has 0 fully saturated rings. The van der Waals surface area contributed by atoms with Crippen molar-refractivity contribution in [2.24, 2.45) is 11.7 Å². The summed E-state index contributed by atoms with van der Waals surface area (Å²) in [6.07, 6.45) is 0. The molecule has 4 nitrogen and oxygen atoms in total. The van der Waals surface area contributed by atoms with Crippen molar-refractivity contribution in [3.05, 3.63) is 29.3 Å². The van der Waals surface area contributed by atoms with E-state index in [4.69, 9.17) is 34.3 Å². The molecule has 1 amide bonds. The van der Waals surface area contributed by atoms with Gasteiger partial charge in [0.2, 0.25) is 0 Å². The first-order valence-electron chi connectivity index (χ1n) is 5.43. The topological polar surface area (TPSA) is 64.3 Å². The predicted octanol–water partition coefficient (Wildman–Crippen LogP) is 1.76. The molecule has 0 aliphatic carbocycles. The van der Waals surface area contributed by atoms with Gasteiger partial charge in [0.15, 0.2) is 6.61 Å². The second kappa shape index (κ2) is 7.18. The summed E-state index contributed by atoms with van der Waals surface area (Å²) in [7, 11) is 0. The third-order valence-electron chi connectivity index (χ3n) is 2.26. The maximum Gasteiger partial charge on any atom is 0.257 e. The lowest BCUT2D eigenvalue weighted by molar-refractivity contribution is -0.123. The van der Waals surface area contributed by atoms with Crippen LogP contribution >= 0.6 is 23.8 Å². The van der Waals surface area contributed by atoms with E-state index in [9.17, 15) is 4.79 Å². The zero-order valence-corrected chi connectivity index (χ0v) is 11.6. The second-order valence-corrected chi connectivity index (χ2v) is 4.76. The monoisotopic (exact) mass is 286 g/mol. The summed E-state index contributed by atoms with van der Waals surface area (Å²) in [5.41, 5.74) is 5.44. The van der Waals surface area contributed by atoms with Crippen LogP contribution in [-0.4, -0.2) is 24.0 Å². The van der Waals surface area contributed by atoms with Gasteiger partial charge in [0, 0.05) is 17.5 Å². The molecule has 6 heteroatoms. The summed E-state index contributed by atoms with van der Waals surface area (Å²) < 4.78 is 5.28. The molecule has 0 saturated heterocycles. The van der Waals surface area contributed by atoms with Crippen molar-refractivity contribution in [2.75, 3.05) is 13.2 Å². The van der Waals surface area contributed by atoms with Crippen molar-refractivity contribution in [2.45, 2.75) is 6.92 Å². The Kier molecular flexibility index (Phi) is 5.88. The van der Waals surface area contributed by atoms with Crippen LogP contribution in [0.15, 0.2) is 24.3 Å². The fourth-order valence-corrected chi connectivity index (χ4v) is 1.39. The quantitative estimate of drug-likeness (QED) is 0.782. The highest BCUT2D eigenvalue weighted by atomic mass is 35.5. The van der Waals surface area contributed by atoms with E-state index < -0.39 is 0 Å². The summed E-state index contributed by atoms with van der Waals surface area (Å²) in [5.74, 6) is 0.299. The minimum absolute atomic E-state index is 0.0323. The van der Waals surface area contributed by atoms with Gasteiger partial charge >= 0.3 is 0 Å². The Balaban J connectivity index is 2.31. The van der Waals surface area contributed by atoms with E-state index in [1.807, 2.05) is 6.92 Å². The van der Waals surface area contributed by atoms with Crippen molar-refractivity contribution in [1.29, 1.82) is 0 Å². The number of benzene rings is 1. The van der Waals surface area contributed by atoms with Gasteiger partial charge in [0.1, 0.15) is 5.75 Å². The Bertz CT molecular complexity index is 440. The smallest absolute Gasteiger partial charge is 0.257 e. The third-order valence-corrected chi connectivity index (χ3v) is 2.89. The van der Waals surface area contributed by atoms with E-state index in [2.05, 4.69) is 5.32 Å². The van der Waals surface area contributed by atoms with Crippen LogP contribution in [0.4, 0.5) is 0 Å². The highest BCUT2D eigenvalue weighted by Crippen LogP contribution is 2.16. The number of nitrogens with two attached hydrogens (primary N) is 1. The van der Waals surface area contributed by atoms with E-state index in [0.717, 1.165) is 0 Å². The van der Waals surface area contributed by atoms with Crippen LogP contribution in [0.5, 0.6) is 5.75 Å². The SMILES string of the molecule is CC(CNC(=O)COc1cccc(Cl)c1)C(N)=S. The van der Waals surface area contributed by atoms with Crippen LogP contribution in [0.3, 0.4) is 0 Å². The van der Waals surface area contributed by atoms with Crippen molar-refractivity contribution in [3.8, 4) is 5.75 Å². The molecule has 1 atom stereocenters. The van der Waals surface area contributed by atoms with E-state index in [-0.39, 0.29) is 18.4 Å². The van der Waals surface area contributed by atoms with Gasteiger partial charge < -0.3 is 15.8 Å². The zero-order chi connectivity index (χ0) is 13.5. The molecule has 0 aliphatic heterocycles. The first-order valence-corrected chi connectivity index (χ1v) is 6.22. The molecular formula is C12H15ClN2O2S. The standard InChI is InChI=1S/C12H15ClN2O2S/c1-8(12(14)18)6-15-11(16)7-17-10-4-2-3-9(13)5-10/h2-5,8H,6-7H2,1H3,(H2,14,18)(H,15,16). The van der Waals surface area contributed by atoms with Crippen LogP contribution in [0, 0.1) is 5.92 Å². The van der Waals surface area contributed by atoms with Gasteiger partial charge in [-0.15, -0.1) is 0 Å². The lowest BCUT2D eigenvalue weighted by Crippen LogP contribution is -2.36. The van der Waals surface area contributed by atoms with Gasteiger partial charge in [0.25, 0.3) is 5.91 Å². The Morgan fingerprint density at radius 3 is 2.94 bits per heavy atom. The number of carbonyl (C=O) groups excluding carboxylic acids is 1. The van der Waals surface area contributed by atoms with E-state index >= 15 is 0 Å². The van der Waals surface area contributed by atoms with Crippen molar-refractivity contribution >= 4 is 34.7 Å². The maximum atomic E-state index is 11.5. The number of thiocarbonyl (C=S) groups is 1. The normalized spacial score (nSPS) is 11.7. The summed E-state index contributed by atoms with van der Waals surface area (Å²) in [4.78, 5) is 11.9. The minimum atomic E-state index is -0.224. The highest BCUT2D eigenvalue weighted by Gasteiger charge is 2.08. The molecule has 0 aromatic heterocycles. The molecule has 0 aliphatic rings. The Morgan fingerprint density at radius 1 is 1.61 bits per heavy atom. The van der Waals surface area contributed by atoms with Crippen LogP contribution in [0.25, 0.3) is 0 Å². The molecule has 0 bridgehead atoms. The molecule has 1 rings (SSSR count). The first kappa shape index (κ1) is 14.7. The average Bonchev–Trinajstić information content (AvgIpc) is 2.33. The van der Waals surface area contributed by atoms with E-state index in [1.165, 1.54) is 0 Å². The van der Waals surface area contributed by atoms with E-state index in [0.29, 0.717) is 22.3 Å². The zero-order valence-electron chi connectivity index (χ0n) is 9.98. The van der Waals surface area contributed by atoms with Gasteiger partial charge in [-0.1, -0.05) is 36.8 Å². The van der Waals surface area contributed by atoms with Crippen LogP contribution < -0.4 is 15.8 Å². The lowest BCUT2D eigenvalue weighted by Gasteiger charge is -2.11. The van der Waals surface area contributed by atoms with Crippen molar-refractivity contribution < 1.29 is 9.53 Å². The molecule has 1 unspecified atom stereocenters. The molecule has 1 aromatic carbocycles. The summed E-state index contributed by atoms with van der Waals surface area (Å²) >= 11 is 10.6. The van der Waals surface area contributed by atoms with Crippen LogP contribution in [0.1, 0.15) is 6.92 Å². The fraction of sp³-hybridized carbons (Fsp3) is 0.333. The Morgan fingerprint density at radius 2 is 2.33 bits per heavy atom. The number of nitrogens with one attached hydrogen (secondary N) is 1.